The molecule has 4 aromatic rings. The number of aliphatic hydroxyl groups excluding tert-OH is 1. The number of aliphatic hydroxyl groups is 1. The Morgan fingerprint density at radius 3 is 2.63 bits per heavy atom. The molecule has 1 amide bonds. The Labute approximate surface area is 238 Å². The minimum absolute atomic E-state index is 0.0152. The van der Waals surface area contributed by atoms with Gasteiger partial charge in [-0.2, -0.15) is 10.1 Å². The second-order valence-electron chi connectivity index (χ2n) is 12.4. The van der Waals surface area contributed by atoms with Gasteiger partial charge in [0.1, 0.15) is 0 Å². The van der Waals surface area contributed by atoms with Crippen molar-refractivity contribution in [2.24, 2.45) is 0 Å². The maximum atomic E-state index is 12.9. The van der Waals surface area contributed by atoms with Crippen LogP contribution in [0.1, 0.15) is 62.1 Å². The molecule has 4 N–H and O–H groups in total. The summed E-state index contributed by atoms with van der Waals surface area (Å²) in [4.78, 5) is 25.6. The molecule has 3 aromatic heterocycles. The number of nitrogens with one attached hydrogen (secondary N) is 3. The van der Waals surface area contributed by atoms with Crippen LogP contribution in [-0.2, 0) is 11.0 Å². The van der Waals surface area contributed by atoms with Gasteiger partial charge >= 0.3 is 11.8 Å². The van der Waals surface area contributed by atoms with Gasteiger partial charge in [0, 0.05) is 30.7 Å². The standard InChI is InChI=1S/C29H37N9O3/c1-28(2,3)26-32-25(41-36-26)24(39)33-29(12-13-29)18-8-6-17(7-9-18)20-10-14-30-22-21(20)23(35-34-22)31-19-11-15-38(16-19)27(40)37(4)5/h6-10,14,19,27,40H,11-13,15-16H2,1-5H3,(H,33,39)(H2,30,31,34,35)/t19-,27?/m1/s1. The van der Waals surface area contributed by atoms with Crippen molar-refractivity contribution < 1.29 is 14.4 Å². The van der Waals surface area contributed by atoms with E-state index in [9.17, 15) is 9.90 Å². The van der Waals surface area contributed by atoms with Crippen molar-refractivity contribution in [1.29, 1.82) is 0 Å². The molecule has 1 aliphatic heterocycles. The summed E-state index contributed by atoms with van der Waals surface area (Å²) in [7, 11) is 3.73. The van der Waals surface area contributed by atoms with Gasteiger partial charge < -0.3 is 20.3 Å². The van der Waals surface area contributed by atoms with Crippen LogP contribution in [0.2, 0.25) is 0 Å². The van der Waals surface area contributed by atoms with E-state index in [0.29, 0.717) is 18.0 Å². The average Bonchev–Trinajstić information content (AvgIpc) is 3.33. The van der Waals surface area contributed by atoms with Crippen LogP contribution in [0.3, 0.4) is 0 Å². The van der Waals surface area contributed by atoms with Crippen molar-refractivity contribution in [3.63, 3.8) is 0 Å². The molecule has 6 rings (SSSR count). The van der Waals surface area contributed by atoms with Gasteiger partial charge in [0.2, 0.25) is 0 Å². The predicted molar refractivity (Wildman–Crippen MR) is 154 cm³/mol. The molecule has 0 spiro atoms. The summed E-state index contributed by atoms with van der Waals surface area (Å²) in [6, 6.07) is 10.4. The van der Waals surface area contributed by atoms with E-state index in [4.69, 9.17) is 4.52 Å². The first-order valence-corrected chi connectivity index (χ1v) is 14.0. The molecule has 1 aromatic carbocycles. The van der Waals surface area contributed by atoms with Crippen molar-refractivity contribution in [3.05, 3.63) is 53.8 Å². The summed E-state index contributed by atoms with van der Waals surface area (Å²) in [6.45, 7) is 7.44. The molecule has 1 saturated carbocycles. The van der Waals surface area contributed by atoms with E-state index in [-0.39, 0.29) is 23.3 Å². The van der Waals surface area contributed by atoms with Crippen molar-refractivity contribution in [2.75, 3.05) is 32.5 Å². The molecule has 0 radical (unpaired) electrons. The Balaban J connectivity index is 1.19. The zero-order valence-corrected chi connectivity index (χ0v) is 24.1. The number of H-pyrrole nitrogens is 1. The molecule has 216 valence electrons. The van der Waals surface area contributed by atoms with Gasteiger partial charge in [0.15, 0.2) is 23.6 Å². The minimum atomic E-state index is -0.610. The van der Waals surface area contributed by atoms with Crippen molar-refractivity contribution in [2.45, 2.75) is 63.4 Å². The van der Waals surface area contributed by atoms with Crippen molar-refractivity contribution in [1.82, 2.24) is 40.4 Å². The van der Waals surface area contributed by atoms with Crippen LogP contribution in [0.5, 0.6) is 0 Å². The van der Waals surface area contributed by atoms with Crippen LogP contribution in [0.15, 0.2) is 41.1 Å². The molecule has 1 aliphatic carbocycles. The van der Waals surface area contributed by atoms with E-state index in [1.165, 1.54) is 0 Å². The summed E-state index contributed by atoms with van der Waals surface area (Å²) in [5.74, 6) is 0.880. The summed E-state index contributed by atoms with van der Waals surface area (Å²) >= 11 is 0. The Morgan fingerprint density at radius 2 is 1.98 bits per heavy atom. The largest absolute Gasteiger partial charge is 0.365 e. The SMILES string of the molecule is CN(C)C(O)N1CC[C@@H](Nc2n[nH]c3nccc(-c4ccc(C5(NC(=O)c6nc(C(C)(C)C)no6)CC5)cc4)c23)C1. The third-order valence-corrected chi connectivity index (χ3v) is 7.95. The summed E-state index contributed by atoms with van der Waals surface area (Å²) < 4.78 is 5.25. The number of carbonyl (C=O) groups is 1. The zero-order chi connectivity index (χ0) is 28.9. The lowest BCUT2D eigenvalue weighted by atomic mass is 9.96. The molecule has 12 heteroatoms. The Hall–Kier alpha value is -3.87. The fourth-order valence-electron chi connectivity index (χ4n) is 5.40. The number of pyridine rings is 1. The van der Waals surface area contributed by atoms with Gasteiger partial charge in [0.25, 0.3) is 0 Å². The maximum absolute atomic E-state index is 12.9. The molecular formula is C29H37N9O3. The van der Waals surface area contributed by atoms with E-state index < -0.39 is 11.9 Å². The first-order chi connectivity index (χ1) is 19.5. The van der Waals surface area contributed by atoms with E-state index in [0.717, 1.165) is 53.7 Å². The number of hydrogen-bond acceptors (Lipinski definition) is 10. The number of fused-ring (bicyclic) bond motifs is 1. The number of benzene rings is 1. The third-order valence-electron chi connectivity index (χ3n) is 7.95. The first kappa shape index (κ1) is 27.3. The van der Waals surface area contributed by atoms with Crippen molar-refractivity contribution in [3.8, 4) is 11.1 Å². The zero-order valence-electron chi connectivity index (χ0n) is 24.1. The molecule has 2 fully saturated rings. The Bertz CT molecular complexity index is 1550. The number of rotatable bonds is 8. The highest BCUT2D eigenvalue weighted by Gasteiger charge is 2.46. The maximum Gasteiger partial charge on any atom is 0.315 e. The fourth-order valence-corrected chi connectivity index (χ4v) is 5.40. The molecule has 4 heterocycles. The molecule has 0 bridgehead atoms. The van der Waals surface area contributed by atoms with Crippen LogP contribution < -0.4 is 10.6 Å². The van der Waals surface area contributed by atoms with Crippen LogP contribution in [-0.4, -0.2) is 85.7 Å². The lowest BCUT2D eigenvalue weighted by Crippen LogP contribution is -2.44. The van der Waals surface area contributed by atoms with Gasteiger partial charge in [-0.15, -0.1) is 0 Å². The summed E-state index contributed by atoms with van der Waals surface area (Å²) in [6.07, 6.45) is 3.75. The Morgan fingerprint density at radius 1 is 1.22 bits per heavy atom. The Kier molecular flexibility index (Phi) is 6.79. The minimum Gasteiger partial charge on any atom is -0.365 e. The van der Waals surface area contributed by atoms with Gasteiger partial charge in [-0.1, -0.05) is 50.2 Å². The highest BCUT2D eigenvalue weighted by molar-refractivity contribution is 6.00. The quantitative estimate of drug-likeness (QED) is 0.237. The highest BCUT2D eigenvalue weighted by atomic mass is 16.5. The highest BCUT2D eigenvalue weighted by Crippen LogP contribution is 2.46. The number of aromatic amines is 1. The van der Waals surface area contributed by atoms with Crippen LogP contribution >= 0.6 is 0 Å². The molecule has 41 heavy (non-hydrogen) atoms. The second kappa shape index (κ2) is 10.2. The number of aromatic nitrogens is 5. The lowest BCUT2D eigenvalue weighted by Gasteiger charge is -2.28. The second-order valence-corrected chi connectivity index (χ2v) is 12.4. The summed E-state index contributed by atoms with van der Waals surface area (Å²) in [5, 5.41) is 29.6. The van der Waals surface area contributed by atoms with E-state index in [1.807, 2.05) is 45.8 Å². The fraction of sp³-hybridized carbons (Fsp3) is 0.483. The molecular weight excluding hydrogens is 522 g/mol. The van der Waals surface area contributed by atoms with Crippen molar-refractivity contribution >= 4 is 22.8 Å². The smallest absolute Gasteiger partial charge is 0.315 e. The molecule has 2 aliphatic rings. The number of anilines is 1. The van der Waals surface area contributed by atoms with E-state index in [1.54, 1.807) is 11.1 Å². The van der Waals surface area contributed by atoms with Crippen LogP contribution in [0.25, 0.3) is 22.2 Å². The number of likely N-dealkylation sites (tertiary alicyclic amines) is 1. The van der Waals surface area contributed by atoms with Gasteiger partial charge in [-0.25, -0.2) is 4.98 Å². The monoisotopic (exact) mass is 559 g/mol. The molecule has 1 unspecified atom stereocenters. The third kappa shape index (κ3) is 5.30. The molecule has 2 atom stereocenters. The summed E-state index contributed by atoms with van der Waals surface area (Å²) in [5.41, 5.74) is 3.03. The predicted octanol–water partition coefficient (Wildman–Crippen LogP) is 3.05. The lowest BCUT2D eigenvalue weighted by molar-refractivity contribution is -0.0793. The normalized spacial score (nSPS) is 19.5. The van der Waals surface area contributed by atoms with Crippen LogP contribution in [0, 0.1) is 0 Å². The first-order valence-electron chi connectivity index (χ1n) is 14.0. The van der Waals surface area contributed by atoms with Gasteiger partial charge in [-0.3, -0.25) is 19.7 Å². The average molecular weight is 560 g/mol. The molecule has 12 nitrogen and oxygen atoms in total. The van der Waals surface area contributed by atoms with Gasteiger partial charge in [0.05, 0.1) is 10.9 Å². The molecule has 1 saturated heterocycles. The topological polar surface area (TPSA) is 148 Å². The van der Waals surface area contributed by atoms with E-state index in [2.05, 4.69) is 60.2 Å². The number of carbonyl (C=O) groups excluding carboxylic acids is 1. The number of amides is 1. The van der Waals surface area contributed by atoms with Gasteiger partial charge in [-0.05, 0) is 56.1 Å². The van der Waals surface area contributed by atoms with E-state index >= 15 is 0 Å². The number of hydrogen-bond donors (Lipinski definition) is 4. The number of nitrogens with zero attached hydrogens (tertiary/aromatic N) is 6. The van der Waals surface area contributed by atoms with Crippen LogP contribution in [0.4, 0.5) is 5.82 Å².